The molecule has 0 unspecified atom stereocenters. The largest absolute Gasteiger partial charge is 0.393 e. The summed E-state index contributed by atoms with van der Waals surface area (Å²) in [5.41, 5.74) is 2.50. The smallest absolute Gasteiger partial charge is 0.227 e. The highest BCUT2D eigenvalue weighted by Crippen LogP contribution is 2.24. The molecule has 0 saturated carbocycles. The van der Waals surface area contributed by atoms with Gasteiger partial charge < -0.3 is 14.7 Å². The van der Waals surface area contributed by atoms with Gasteiger partial charge in [-0.05, 0) is 30.2 Å². The van der Waals surface area contributed by atoms with E-state index in [2.05, 4.69) is 17.1 Å². The minimum absolute atomic E-state index is 0.0521. The number of morpholine rings is 1. The van der Waals surface area contributed by atoms with E-state index in [0.717, 1.165) is 11.1 Å². The fourth-order valence-corrected chi connectivity index (χ4v) is 3.18. The number of benzene rings is 1. The maximum atomic E-state index is 12.6. The van der Waals surface area contributed by atoms with E-state index in [4.69, 9.17) is 4.74 Å². The summed E-state index contributed by atoms with van der Waals surface area (Å²) >= 11 is 0. The molecule has 1 aromatic heterocycles. The third-order valence-corrected chi connectivity index (χ3v) is 4.64. The molecule has 0 bridgehead atoms. The fraction of sp³-hybridized carbons (Fsp3) is 0.400. The van der Waals surface area contributed by atoms with E-state index in [1.54, 1.807) is 17.3 Å². The number of pyridine rings is 1. The topological polar surface area (TPSA) is 62.7 Å². The number of hydrogen-bond acceptors (Lipinski definition) is 4. The average molecular weight is 340 g/mol. The minimum atomic E-state index is -0.735. The summed E-state index contributed by atoms with van der Waals surface area (Å²) in [6, 6.07) is 11.9. The van der Waals surface area contributed by atoms with Gasteiger partial charge >= 0.3 is 0 Å². The normalized spacial score (nSPS) is 20.5. The van der Waals surface area contributed by atoms with Crippen LogP contribution in [0.2, 0.25) is 0 Å². The molecule has 1 saturated heterocycles. The Hall–Kier alpha value is -2.24. The summed E-state index contributed by atoms with van der Waals surface area (Å²) in [4.78, 5) is 18.4. The predicted molar refractivity (Wildman–Crippen MR) is 95.2 cm³/mol. The molecule has 1 atom stereocenters. The molecular formula is C20H24N2O3. The third kappa shape index (κ3) is 4.44. The van der Waals surface area contributed by atoms with Crippen molar-refractivity contribution >= 4 is 5.91 Å². The van der Waals surface area contributed by atoms with Crippen LogP contribution in [0.5, 0.6) is 0 Å². The van der Waals surface area contributed by atoms with Crippen LogP contribution in [0.4, 0.5) is 0 Å². The van der Waals surface area contributed by atoms with Crippen molar-refractivity contribution in [3.8, 4) is 0 Å². The Bertz CT molecular complexity index is 703. The first-order chi connectivity index (χ1) is 12.1. The van der Waals surface area contributed by atoms with Crippen molar-refractivity contribution in [3.05, 3.63) is 65.5 Å². The third-order valence-electron chi connectivity index (χ3n) is 4.64. The van der Waals surface area contributed by atoms with Gasteiger partial charge in [-0.1, -0.05) is 29.8 Å². The van der Waals surface area contributed by atoms with Gasteiger partial charge in [-0.3, -0.25) is 9.78 Å². The Morgan fingerprint density at radius 3 is 2.60 bits per heavy atom. The van der Waals surface area contributed by atoms with E-state index in [9.17, 15) is 9.90 Å². The van der Waals surface area contributed by atoms with Gasteiger partial charge in [-0.2, -0.15) is 0 Å². The van der Waals surface area contributed by atoms with Crippen molar-refractivity contribution < 1.29 is 14.6 Å². The van der Waals surface area contributed by atoms with Gasteiger partial charge in [0.05, 0.1) is 26.2 Å². The summed E-state index contributed by atoms with van der Waals surface area (Å²) in [6.45, 7) is 3.33. The summed E-state index contributed by atoms with van der Waals surface area (Å²) in [5.74, 6) is 0.0521. The van der Waals surface area contributed by atoms with Crippen LogP contribution in [0.3, 0.4) is 0 Å². The molecule has 1 aliphatic rings. The van der Waals surface area contributed by atoms with E-state index in [-0.39, 0.29) is 12.5 Å². The lowest BCUT2D eigenvalue weighted by molar-refractivity contribution is -0.157. The standard InChI is InChI=1S/C20H24N2O3/c1-16-2-4-18(5-3-16)13-20(15-23)14-22(10-11-25-20)19(24)12-17-6-8-21-9-7-17/h2-9,23H,10-15H2,1H3/t20-/m1/s1. The molecule has 1 amide bonds. The van der Waals surface area contributed by atoms with Gasteiger partial charge in [0.25, 0.3) is 0 Å². The molecule has 132 valence electrons. The Morgan fingerprint density at radius 2 is 1.92 bits per heavy atom. The first-order valence-corrected chi connectivity index (χ1v) is 8.57. The van der Waals surface area contributed by atoms with Crippen molar-refractivity contribution in [2.45, 2.75) is 25.4 Å². The number of carbonyl (C=O) groups is 1. The van der Waals surface area contributed by atoms with Crippen LogP contribution in [0.1, 0.15) is 16.7 Å². The quantitative estimate of drug-likeness (QED) is 0.901. The average Bonchev–Trinajstić information content (AvgIpc) is 2.65. The van der Waals surface area contributed by atoms with Crippen molar-refractivity contribution in [1.29, 1.82) is 0 Å². The highest BCUT2D eigenvalue weighted by Gasteiger charge is 2.38. The Morgan fingerprint density at radius 1 is 1.20 bits per heavy atom. The van der Waals surface area contributed by atoms with Gasteiger partial charge in [-0.25, -0.2) is 0 Å². The molecule has 0 aliphatic carbocycles. The van der Waals surface area contributed by atoms with Crippen LogP contribution in [-0.4, -0.2) is 52.8 Å². The summed E-state index contributed by atoms with van der Waals surface area (Å²) in [7, 11) is 0. The Labute approximate surface area is 148 Å². The van der Waals surface area contributed by atoms with Crippen LogP contribution in [0, 0.1) is 6.92 Å². The van der Waals surface area contributed by atoms with Gasteiger partial charge in [0.2, 0.25) is 5.91 Å². The zero-order chi connectivity index (χ0) is 17.7. The second-order valence-electron chi connectivity index (χ2n) is 6.70. The number of nitrogens with zero attached hydrogens (tertiary/aromatic N) is 2. The Kier molecular flexibility index (Phi) is 5.46. The predicted octanol–water partition coefficient (Wildman–Crippen LogP) is 1.77. The number of aromatic nitrogens is 1. The Balaban J connectivity index is 1.69. The molecule has 1 N–H and O–H groups in total. The monoisotopic (exact) mass is 340 g/mol. The molecule has 2 aromatic rings. The molecule has 3 rings (SSSR count). The molecule has 25 heavy (non-hydrogen) atoms. The molecular weight excluding hydrogens is 316 g/mol. The maximum Gasteiger partial charge on any atom is 0.227 e. The number of aliphatic hydroxyl groups is 1. The van der Waals surface area contributed by atoms with Crippen LogP contribution in [-0.2, 0) is 22.4 Å². The number of aliphatic hydroxyl groups excluding tert-OH is 1. The van der Waals surface area contributed by atoms with Gasteiger partial charge in [-0.15, -0.1) is 0 Å². The van der Waals surface area contributed by atoms with Crippen molar-refractivity contribution in [2.24, 2.45) is 0 Å². The molecule has 1 fully saturated rings. The van der Waals surface area contributed by atoms with E-state index < -0.39 is 5.60 Å². The van der Waals surface area contributed by atoms with Crippen LogP contribution in [0.15, 0.2) is 48.8 Å². The molecule has 5 nitrogen and oxygen atoms in total. The van der Waals surface area contributed by atoms with Gasteiger partial charge in [0.15, 0.2) is 0 Å². The highest BCUT2D eigenvalue weighted by atomic mass is 16.5. The highest BCUT2D eigenvalue weighted by molar-refractivity contribution is 5.79. The lowest BCUT2D eigenvalue weighted by Gasteiger charge is -2.42. The number of amides is 1. The maximum absolute atomic E-state index is 12.6. The summed E-state index contributed by atoms with van der Waals surface area (Å²) in [6.07, 6.45) is 4.31. The summed E-state index contributed by atoms with van der Waals surface area (Å²) < 4.78 is 5.93. The van der Waals surface area contributed by atoms with Crippen molar-refractivity contribution in [3.63, 3.8) is 0 Å². The zero-order valence-electron chi connectivity index (χ0n) is 14.5. The lowest BCUT2D eigenvalue weighted by Crippen LogP contribution is -2.57. The zero-order valence-corrected chi connectivity index (χ0v) is 14.5. The molecule has 1 aliphatic heterocycles. The van der Waals surface area contributed by atoms with E-state index in [1.807, 2.05) is 31.2 Å². The SMILES string of the molecule is Cc1ccc(C[C@]2(CO)CN(C(=O)Cc3ccncc3)CCO2)cc1. The molecule has 1 aromatic carbocycles. The number of ether oxygens (including phenoxy) is 1. The molecule has 0 radical (unpaired) electrons. The van der Waals surface area contributed by atoms with Crippen LogP contribution < -0.4 is 0 Å². The molecule has 0 spiro atoms. The number of rotatable bonds is 5. The molecule has 5 heteroatoms. The second-order valence-corrected chi connectivity index (χ2v) is 6.70. The summed E-state index contributed by atoms with van der Waals surface area (Å²) in [5, 5.41) is 9.98. The van der Waals surface area contributed by atoms with E-state index in [1.165, 1.54) is 5.56 Å². The lowest BCUT2D eigenvalue weighted by atomic mass is 9.92. The minimum Gasteiger partial charge on any atom is -0.393 e. The second kappa shape index (κ2) is 7.76. The number of hydrogen-bond donors (Lipinski definition) is 1. The van der Waals surface area contributed by atoms with Crippen molar-refractivity contribution in [1.82, 2.24) is 9.88 Å². The van der Waals surface area contributed by atoms with Crippen molar-refractivity contribution in [2.75, 3.05) is 26.3 Å². The van der Waals surface area contributed by atoms with E-state index >= 15 is 0 Å². The van der Waals surface area contributed by atoms with E-state index in [0.29, 0.717) is 32.5 Å². The van der Waals surface area contributed by atoms with Crippen LogP contribution >= 0.6 is 0 Å². The van der Waals surface area contributed by atoms with Gasteiger partial charge in [0.1, 0.15) is 5.60 Å². The molecule has 2 heterocycles. The first kappa shape index (κ1) is 17.6. The van der Waals surface area contributed by atoms with Gasteiger partial charge in [0, 0.05) is 25.4 Å². The number of carbonyl (C=O) groups excluding carboxylic acids is 1. The number of aryl methyl sites for hydroxylation is 1. The first-order valence-electron chi connectivity index (χ1n) is 8.57. The van der Waals surface area contributed by atoms with Crippen LogP contribution in [0.25, 0.3) is 0 Å². The fourth-order valence-electron chi connectivity index (χ4n) is 3.18.